The molecule has 0 aliphatic carbocycles. The summed E-state index contributed by atoms with van der Waals surface area (Å²) in [5, 5.41) is 2.65. The molecule has 1 fully saturated rings. The van der Waals surface area contributed by atoms with Crippen molar-refractivity contribution in [2.75, 3.05) is 32.5 Å². The van der Waals surface area contributed by atoms with Crippen molar-refractivity contribution < 1.29 is 22.7 Å². The summed E-state index contributed by atoms with van der Waals surface area (Å²) in [6, 6.07) is 0. The molecule has 0 bridgehead atoms. The predicted octanol–water partition coefficient (Wildman–Crippen LogP) is -0.273. The van der Waals surface area contributed by atoms with Gasteiger partial charge in [-0.3, -0.25) is 9.59 Å². The molecule has 1 heterocycles. The fourth-order valence-electron chi connectivity index (χ4n) is 2.12. The zero-order chi connectivity index (χ0) is 15.2. The Hall–Kier alpha value is -1.15. The van der Waals surface area contributed by atoms with Crippen molar-refractivity contribution in [3.63, 3.8) is 0 Å². The number of esters is 1. The minimum atomic E-state index is -3.25. The molecule has 116 valence electrons. The highest BCUT2D eigenvalue weighted by atomic mass is 32.2. The van der Waals surface area contributed by atoms with Gasteiger partial charge in [0, 0.05) is 19.6 Å². The van der Waals surface area contributed by atoms with Crippen molar-refractivity contribution in [2.45, 2.75) is 26.2 Å². The van der Waals surface area contributed by atoms with Gasteiger partial charge in [0.1, 0.15) is 0 Å². The molecule has 8 heteroatoms. The summed E-state index contributed by atoms with van der Waals surface area (Å²) in [6.45, 7) is 2.93. The fraction of sp³-hybridized carbons (Fsp3) is 0.833. The van der Waals surface area contributed by atoms with E-state index >= 15 is 0 Å². The highest BCUT2D eigenvalue weighted by Crippen LogP contribution is 2.18. The van der Waals surface area contributed by atoms with E-state index in [0.717, 1.165) is 6.26 Å². The topological polar surface area (TPSA) is 92.8 Å². The third kappa shape index (κ3) is 5.46. The molecule has 1 aliphatic heterocycles. The molecule has 1 N–H and O–H groups in total. The van der Waals surface area contributed by atoms with E-state index in [0.29, 0.717) is 26.0 Å². The zero-order valence-corrected chi connectivity index (χ0v) is 12.7. The number of ether oxygens (including phenoxy) is 1. The SMILES string of the molecule is CCOC(=O)CCNC(=O)[C@@H]1CCCN(S(C)(=O)=O)C1. The number of carbonyl (C=O) groups excluding carboxylic acids is 2. The number of piperidine rings is 1. The molecule has 1 rings (SSSR count). The van der Waals surface area contributed by atoms with E-state index in [1.54, 1.807) is 6.92 Å². The first-order valence-electron chi connectivity index (χ1n) is 6.73. The number of nitrogens with one attached hydrogen (secondary N) is 1. The molecule has 0 aromatic heterocycles. The van der Waals surface area contributed by atoms with Gasteiger partial charge in [0.05, 0.1) is 25.2 Å². The molecule has 0 aromatic carbocycles. The van der Waals surface area contributed by atoms with Crippen LogP contribution in [0.1, 0.15) is 26.2 Å². The molecule has 0 saturated carbocycles. The van der Waals surface area contributed by atoms with Crippen molar-refractivity contribution in [2.24, 2.45) is 5.92 Å². The smallest absolute Gasteiger partial charge is 0.307 e. The van der Waals surface area contributed by atoms with E-state index < -0.39 is 10.0 Å². The van der Waals surface area contributed by atoms with E-state index in [9.17, 15) is 18.0 Å². The Morgan fingerprint density at radius 2 is 2.10 bits per heavy atom. The second kappa shape index (κ2) is 7.58. The Morgan fingerprint density at radius 1 is 1.40 bits per heavy atom. The summed E-state index contributed by atoms with van der Waals surface area (Å²) in [5.74, 6) is -0.905. The predicted molar refractivity (Wildman–Crippen MR) is 73.4 cm³/mol. The zero-order valence-electron chi connectivity index (χ0n) is 11.9. The van der Waals surface area contributed by atoms with Crippen LogP contribution in [0.4, 0.5) is 0 Å². The number of rotatable bonds is 6. The number of sulfonamides is 1. The number of carbonyl (C=O) groups is 2. The van der Waals surface area contributed by atoms with Crippen LogP contribution in [0.2, 0.25) is 0 Å². The van der Waals surface area contributed by atoms with Gasteiger partial charge in [0.15, 0.2) is 0 Å². The maximum absolute atomic E-state index is 11.9. The van der Waals surface area contributed by atoms with Gasteiger partial charge < -0.3 is 10.1 Å². The first-order chi connectivity index (χ1) is 9.34. The van der Waals surface area contributed by atoms with E-state index in [2.05, 4.69) is 5.32 Å². The van der Waals surface area contributed by atoms with E-state index in [4.69, 9.17) is 4.74 Å². The normalized spacial score (nSPS) is 20.4. The van der Waals surface area contributed by atoms with Gasteiger partial charge in [-0.2, -0.15) is 0 Å². The summed E-state index contributed by atoms with van der Waals surface area (Å²) in [4.78, 5) is 23.0. The largest absolute Gasteiger partial charge is 0.466 e. The van der Waals surface area contributed by atoms with Crippen LogP contribution in [0, 0.1) is 5.92 Å². The fourth-order valence-corrected chi connectivity index (χ4v) is 3.03. The molecule has 1 atom stereocenters. The van der Waals surface area contributed by atoms with E-state index in [-0.39, 0.29) is 37.3 Å². The summed E-state index contributed by atoms with van der Waals surface area (Å²) >= 11 is 0. The summed E-state index contributed by atoms with van der Waals surface area (Å²) in [5.41, 5.74) is 0. The lowest BCUT2D eigenvalue weighted by Gasteiger charge is -2.30. The van der Waals surface area contributed by atoms with Crippen molar-refractivity contribution in [3.8, 4) is 0 Å². The number of nitrogens with zero attached hydrogens (tertiary/aromatic N) is 1. The third-order valence-corrected chi connectivity index (χ3v) is 4.43. The molecule has 1 amide bonds. The van der Waals surface area contributed by atoms with Crippen molar-refractivity contribution in [1.29, 1.82) is 0 Å². The van der Waals surface area contributed by atoms with Crippen molar-refractivity contribution in [3.05, 3.63) is 0 Å². The Labute approximate surface area is 119 Å². The molecule has 7 nitrogen and oxygen atoms in total. The highest BCUT2D eigenvalue weighted by molar-refractivity contribution is 7.88. The van der Waals surface area contributed by atoms with Crippen LogP contribution in [-0.4, -0.2) is 57.1 Å². The minimum absolute atomic E-state index is 0.127. The lowest BCUT2D eigenvalue weighted by Crippen LogP contribution is -2.45. The highest BCUT2D eigenvalue weighted by Gasteiger charge is 2.29. The molecule has 20 heavy (non-hydrogen) atoms. The van der Waals surface area contributed by atoms with Crippen LogP contribution in [0.5, 0.6) is 0 Å². The molecule has 0 unspecified atom stereocenters. The Morgan fingerprint density at radius 3 is 2.70 bits per heavy atom. The van der Waals surface area contributed by atoms with Gasteiger partial charge in [0.25, 0.3) is 0 Å². The molecule has 0 aromatic rings. The van der Waals surface area contributed by atoms with Crippen LogP contribution in [0.3, 0.4) is 0 Å². The van der Waals surface area contributed by atoms with Crippen LogP contribution >= 0.6 is 0 Å². The van der Waals surface area contributed by atoms with Gasteiger partial charge in [-0.25, -0.2) is 12.7 Å². The second-order valence-electron chi connectivity index (χ2n) is 4.81. The maximum atomic E-state index is 11.9. The maximum Gasteiger partial charge on any atom is 0.307 e. The Kier molecular flexibility index (Phi) is 6.41. The van der Waals surface area contributed by atoms with Crippen LogP contribution in [0.25, 0.3) is 0 Å². The van der Waals surface area contributed by atoms with Crippen LogP contribution in [0.15, 0.2) is 0 Å². The summed E-state index contributed by atoms with van der Waals surface area (Å²) < 4.78 is 29.0. The Balaban J connectivity index is 2.38. The summed E-state index contributed by atoms with van der Waals surface area (Å²) in [6.07, 6.45) is 2.61. The monoisotopic (exact) mass is 306 g/mol. The van der Waals surface area contributed by atoms with Crippen molar-refractivity contribution >= 4 is 21.9 Å². The number of amides is 1. The number of hydrogen-bond donors (Lipinski definition) is 1. The van der Waals surface area contributed by atoms with Crippen LogP contribution in [-0.2, 0) is 24.3 Å². The van der Waals surface area contributed by atoms with Crippen molar-refractivity contribution in [1.82, 2.24) is 9.62 Å². The van der Waals surface area contributed by atoms with Gasteiger partial charge in [-0.1, -0.05) is 0 Å². The quantitative estimate of drug-likeness (QED) is 0.682. The first-order valence-corrected chi connectivity index (χ1v) is 8.58. The average Bonchev–Trinajstić information content (AvgIpc) is 2.38. The lowest BCUT2D eigenvalue weighted by atomic mass is 9.99. The van der Waals surface area contributed by atoms with Gasteiger partial charge >= 0.3 is 5.97 Å². The molecule has 0 spiro atoms. The third-order valence-electron chi connectivity index (χ3n) is 3.16. The molecule has 1 aliphatic rings. The van der Waals surface area contributed by atoms with Crippen LogP contribution < -0.4 is 5.32 Å². The van der Waals surface area contributed by atoms with Gasteiger partial charge in [-0.05, 0) is 19.8 Å². The molecular formula is C12H22N2O5S. The number of hydrogen-bond acceptors (Lipinski definition) is 5. The summed E-state index contributed by atoms with van der Waals surface area (Å²) in [7, 11) is -3.25. The molecule has 0 radical (unpaired) electrons. The lowest BCUT2D eigenvalue weighted by molar-refractivity contribution is -0.143. The first kappa shape index (κ1) is 16.9. The van der Waals surface area contributed by atoms with Gasteiger partial charge in [-0.15, -0.1) is 0 Å². The standard InChI is InChI=1S/C12H22N2O5S/c1-3-19-11(15)6-7-13-12(16)10-5-4-8-14(9-10)20(2,17)18/h10H,3-9H2,1-2H3,(H,13,16)/t10-/m1/s1. The molecule has 1 saturated heterocycles. The van der Waals surface area contributed by atoms with E-state index in [1.807, 2.05) is 0 Å². The van der Waals surface area contributed by atoms with E-state index in [1.165, 1.54) is 4.31 Å². The van der Waals surface area contributed by atoms with Gasteiger partial charge in [0.2, 0.25) is 15.9 Å². The molecular weight excluding hydrogens is 284 g/mol. The average molecular weight is 306 g/mol. The second-order valence-corrected chi connectivity index (χ2v) is 6.79. The minimum Gasteiger partial charge on any atom is -0.466 e. The Bertz CT molecular complexity index is 449.